The fourth-order valence-electron chi connectivity index (χ4n) is 0.320. The molecule has 0 aromatic carbocycles. The molecule has 56 valence electrons. The molecule has 0 aliphatic heterocycles. The maximum Gasteiger partial charge on any atom is 0.353 e. The third kappa shape index (κ3) is 2.83. The minimum atomic E-state index is -1.27. The molecular weight excluding hydrogens is 134 g/mol. The van der Waals surface area contributed by atoms with Crippen molar-refractivity contribution >= 4 is 11.7 Å². The smallest absolute Gasteiger partial charge is 0.353 e. The Kier molecular flexibility index (Phi) is 3.13. The average Bonchev–Trinajstić information content (AvgIpc) is 1.87. The molecule has 0 radical (unpaired) electrons. The number of carboxylic acid groups (broad SMARTS) is 1. The Morgan fingerprint density at radius 2 is 2.30 bits per heavy atom. The van der Waals surface area contributed by atoms with Crippen LogP contribution in [-0.2, 0) is 4.79 Å². The van der Waals surface area contributed by atoms with Crippen molar-refractivity contribution in [2.24, 2.45) is 5.84 Å². The summed E-state index contributed by atoms with van der Waals surface area (Å²) in [5, 5.41) is 15.0. The molecule has 5 N–H and O–H groups in total. The van der Waals surface area contributed by atoms with Crippen LogP contribution < -0.4 is 11.3 Å². The van der Waals surface area contributed by atoms with E-state index in [2.05, 4.69) is 5.43 Å². The van der Waals surface area contributed by atoms with Gasteiger partial charge in [-0.25, -0.2) is 4.79 Å². The van der Waals surface area contributed by atoms with E-state index in [-0.39, 0.29) is 0 Å². The van der Waals surface area contributed by atoms with Crippen molar-refractivity contribution in [2.75, 3.05) is 0 Å². The molecule has 0 atom stereocenters. The van der Waals surface area contributed by atoms with E-state index in [0.29, 0.717) is 5.70 Å². The third-order valence-electron chi connectivity index (χ3n) is 0.819. The number of nitrogens with one attached hydrogen (secondary N) is 2. The molecule has 0 aromatic rings. The fraction of sp³-hybridized carbons (Fsp3) is 0.200. The van der Waals surface area contributed by atoms with Gasteiger partial charge in [-0.05, 0) is 13.0 Å². The summed E-state index contributed by atoms with van der Waals surface area (Å²) in [4.78, 5) is 10.0. The molecule has 0 unspecified atom stereocenters. The van der Waals surface area contributed by atoms with Crippen LogP contribution in [0.1, 0.15) is 6.92 Å². The zero-order valence-corrected chi connectivity index (χ0v) is 5.51. The lowest BCUT2D eigenvalue weighted by atomic mass is 10.3. The number of allylic oxidation sites excluding steroid dienone is 1. The van der Waals surface area contributed by atoms with E-state index >= 15 is 0 Å². The topological polar surface area (TPSA) is 99.2 Å². The van der Waals surface area contributed by atoms with Crippen LogP contribution in [0, 0.1) is 5.41 Å². The molecule has 0 fully saturated rings. The Morgan fingerprint density at radius 3 is 2.60 bits per heavy atom. The summed E-state index contributed by atoms with van der Waals surface area (Å²) in [6.45, 7) is 1.57. The van der Waals surface area contributed by atoms with E-state index in [1.165, 1.54) is 0 Å². The van der Waals surface area contributed by atoms with Crippen molar-refractivity contribution in [3.63, 3.8) is 0 Å². The summed E-state index contributed by atoms with van der Waals surface area (Å²) in [5.74, 6) is 3.64. The van der Waals surface area contributed by atoms with Crippen LogP contribution in [-0.4, -0.2) is 16.8 Å². The zero-order chi connectivity index (χ0) is 8.15. The lowest BCUT2D eigenvalue weighted by molar-refractivity contribution is -0.129. The Bertz CT molecular complexity index is 185. The van der Waals surface area contributed by atoms with Crippen LogP contribution in [0.4, 0.5) is 0 Å². The lowest BCUT2D eigenvalue weighted by Crippen LogP contribution is -2.21. The van der Waals surface area contributed by atoms with Crippen LogP contribution in [0.25, 0.3) is 0 Å². The van der Waals surface area contributed by atoms with Gasteiger partial charge < -0.3 is 10.5 Å². The molecule has 0 aliphatic carbocycles. The molecule has 0 heterocycles. The van der Waals surface area contributed by atoms with Gasteiger partial charge in [-0.3, -0.25) is 11.3 Å². The van der Waals surface area contributed by atoms with Crippen molar-refractivity contribution < 1.29 is 9.90 Å². The van der Waals surface area contributed by atoms with Gasteiger partial charge in [0.2, 0.25) is 0 Å². The minimum Gasteiger partial charge on any atom is -0.477 e. The summed E-state index contributed by atoms with van der Waals surface area (Å²) in [7, 11) is 0. The van der Waals surface area contributed by atoms with Crippen LogP contribution >= 0.6 is 0 Å². The Morgan fingerprint density at radius 1 is 1.80 bits per heavy atom. The molecule has 0 aromatic heterocycles. The number of aliphatic carboxylic acids is 1. The van der Waals surface area contributed by atoms with Gasteiger partial charge in [0.05, 0.1) is 0 Å². The van der Waals surface area contributed by atoms with E-state index in [9.17, 15) is 4.79 Å². The van der Waals surface area contributed by atoms with E-state index in [0.717, 1.165) is 6.08 Å². The quantitative estimate of drug-likeness (QED) is 0.242. The second kappa shape index (κ2) is 3.62. The molecule has 0 bridgehead atoms. The van der Waals surface area contributed by atoms with Gasteiger partial charge in [-0.2, -0.15) is 0 Å². The summed E-state index contributed by atoms with van der Waals surface area (Å²) >= 11 is 0. The van der Waals surface area contributed by atoms with Crippen molar-refractivity contribution in [3.8, 4) is 0 Å². The van der Waals surface area contributed by atoms with Crippen molar-refractivity contribution in [1.82, 2.24) is 5.43 Å². The molecule has 10 heavy (non-hydrogen) atoms. The van der Waals surface area contributed by atoms with Crippen LogP contribution in [0.2, 0.25) is 0 Å². The predicted molar refractivity (Wildman–Crippen MR) is 36.4 cm³/mol. The highest BCUT2D eigenvalue weighted by Gasteiger charge is 2.01. The second-order valence-electron chi connectivity index (χ2n) is 1.69. The van der Waals surface area contributed by atoms with Gasteiger partial charge in [0.15, 0.2) is 0 Å². The molecule has 5 heteroatoms. The second-order valence-corrected chi connectivity index (χ2v) is 1.69. The maximum absolute atomic E-state index is 10.0. The average molecular weight is 143 g/mol. The molecule has 0 aliphatic rings. The molecule has 0 saturated carbocycles. The van der Waals surface area contributed by atoms with Gasteiger partial charge in [0.1, 0.15) is 5.71 Å². The maximum atomic E-state index is 10.0. The minimum absolute atomic E-state index is 0.437. The summed E-state index contributed by atoms with van der Waals surface area (Å²) in [5.41, 5.74) is 2.15. The number of hydrazine groups is 1. The number of hydrogen-bond donors (Lipinski definition) is 4. The molecular formula is C5H9N3O2. The van der Waals surface area contributed by atoms with Gasteiger partial charge >= 0.3 is 5.97 Å². The van der Waals surface area contributed by atoms with Crippen LogP contribution in [0.5, 0.6) is 0 Å². The number of carbonyl (C=O) groups is 1. The van der Waals surface area contributed by atoms with Crippen LogP contribution in [0.3, 0.4) is 0 Å². The van der Waals surface area contributed by atoms with Gasteiger partial charge in [0, 0.05) is 5.70 Å². The molecule has 0 amide bonds. The zero-order valence-electron chi connectivity index (χ0n) is 5.51. The van der Waals surface area contributed by atoms with Crippen molar-refractivity contribution in [3.05, 3.63) is 11.8 Å². The SMILES string of the molecule is C/C(=C/C(=N)C(=O)O)NN. The van der Waals surface area contributed by atoms with E-state index in [1.54, 1.807) is 6.92 Å². The standard InChI is InChI=1S/C5H9N3O2/c1-3(8-7)2-4(6)5(9)10/h2,6,8H,7H2,1H3,(H,9,10)/b3-2-,6-4?. The molecule has 0 rings (SSSR count). The first kappa shape index (κ1) is 8.64. The largest absolute Gasteiger partial charge is 0.477 e. The first-order valence-corrected chi connectivity index (χ1v) is 2.54. The number of rotatable bonds is 3. The monoisotopic (exact) mass is 143 g/mol. The Balaban J connectivity index is 4.13. The van der Waals surface area contributed by atoms with Gasteiger partial charge in [-0.1, -0.05) is 0 Å². The Hall–Kier alpha value is -1.36. The molecule has 0 spiro atoms. The first-order valence-electron chi connectivity index (χ1n) is 2.54. The van der Waals surface area contributed by atoms with E-state index in [1.807, 2.05) is 0 Å². The normalized spacial score (nSPS) is 10.8. The Labute approximate surface area is 58.0 Å². The van der Waals surface area contributed by atoms with E-state index < -0.39 is 11.7 Å². The highest BCUT2D eigenvalue weighted by Crippen LogP contribution is 1.84. The van der Waals surface area contributed by atoms with Crippen LogP contribution in [0.15, 0.2) is 11.8 Å². The van der Waals surface area contributed by atoms with Gasteiger partial charge in [0.25, 0.3) is 0 Å². The highest BCUT2D eigenvalue weighted by atomic mass is 16.4. The van der Waals surface area contributed by atoms with Gasteiger partial charge in [-0.15, -0.1) is 0 Å². The lowest BCUT2D eigenvalue weighted by Gasteiger charge is -1.95. The number of hydrogen-bond acceptors (Lipinski definition) is 4. The van der Waals surface area contributed by atoms with Crippen molar-refractivity contribution in [1.29, 1.82) is 5.41 Å². The summed E-state index contributed by atoms with van der Waals surface area (Å²) in [6, 6.07) is 0. The first-order chi connectivity index (χ1) is 4.57. The predicted octanol–water partition coefficient (Wildman–Crippen LogP) is -0.542. The summed E-state index contributed by atoms with van der Waals surface area (Å²) in [6.07, 6.45) is 1.13. The number of nitrogens with two attached hydrogens (primary N) is 1. The van der Waals surface area contributed by atoms with Crippen molar-refractivity contribution in [2.45, 2.75) is 6.92 Å². The highest BCUT2D eigenvalue weighted by molar-refractivity contribution is 6.39. The third-order valence-corrected chi connectivity index (χ3v) is 0.819. The fourth-order valence-corrected chi connectivity index (χ4v) is 0.320. The summed E-state index contributed by atoms with van der Waals surface area (Å²) < 4.78 is 0. The molecule has 0 saturated heterocycles. The molecule has 5 nitrogen and oxygen atoms in total. The number of carboxylic acids is 1. The van der Waals surface area contributed by atoms with E-state index in [4.69, 9.17) is 16.4 Å².